The molecule has 8 aromatic rings. The Morgan fingerprint density at radius 2 is 1.15 bits per heavy atom. The molecular formula is C42H30N4. The first-order valence-electron chi connectivity index (χ1n) is 15.5. The van der Waals surface area contributed by atoms with Crippen molar-refractivity contribution < 1.29 is 0 Å². The van der Waals surface area contributed by atoms with Crippen LogP contribution >= 0.6 is 0 Å². The third-order valence-electron chi connectivity index (χ3n) is 9.12. The van der Waals surface area contributed by atoms with E-state index in [1.165, 1.54) is 16.3 Å². The second kappa shape index (κ2) is 10.2. The maximum absolute atomic E-state index is 10.3. The summed E-state index contributed by atoms with van der Waals surface area (Å²) in [6.07, 6.45) is 0. The Bertz CT molecular complexity index is 2580. The monoisotopic (exact) mass is 590 g/mol. The normalized spacial score (nSPS) is 11.8. The summed E-state index contributed by atoms with van der Waals surface area (Å²) >= 11 is 0. The van der Waals surface area contributed by atoms with Crippen LogP contribution in [0.3, 0.4) is 0 Å². The molecule has 8 rings (SSSR count). The SMILES string of the molecule is CC(C)(C)c1cc(-n2c3ccccc3c3c(-c4ccc5c(c4)c4ccccc4n5-c4ccccc4)cccc32)c(C#N)cc1C#N. The highest BCUT2D eigenvalue weighted by atomic mass is 15.0. The molecule has 46 heavy (non-hydrogen) atoms. The molecule has 0 radical (unpaired) electrons. The topological polar surface area (TPSA) is 57.4 Å². The smallest absolute Gasteiger partial charge is 0.101 e. The largest absolute Gasteiger partial charge is 0.309 e. The van der Waals surface area contributed by atoms with Crippen LogP contribution in [-0.2, 0) is 5.41 Å². The molecule has 0 atom stereocenters. The summed E-state index contributed by atoms with van der Waals surface area (Å²) in [5.74, 6) is 0. The second-order valence-electron chi connectivity index (χ2n) is 12.9. The lowest BCUT2D eigenvalue weighted by Crippen LogP contribution is -2.15. The molecule has 0 saturated heterocycles. The summed E-state index contributed by atoms with van der Waals surface area (Å²) < 4.78 is 4.53. The Kier molecular flexibility index (Phi) is 6.11. The molecule has 4 heteroatoms. The fourth-order valence-electron chi connectivity index (χ4n) is 7.09. The number of para-hydroxylation sites is 3. The van der Waals surface area contributed by atoms with Gasteiger partial charge in [-0.1, -0.05) is 93.6 Å². The Labute approximate surface area is 267 Å². The van der Waals surface area contributed by atoms with Crippen LogP contribution in [0.25, 0.3) is 66.1 Å². The predicted octanol–water partition coefficient (Wildman–Crippen LogP) is 10.6. The van der Waals surface area contributed by atoms with Gasteiger partial charge in [0.25, 0.3) is 0 Å². The van der Waals surface area contributed by atoms with Crippen molar-refractivity contribution >= 4 is 43.6 Å². The number of benzene rings is 6. The molecule has 4 nitrogen and oxygen atoms in total. The van der Waals surface area contributed by atoms with E-state index in [0.29, 0.717) is 11.1 Å². The van der Waals surface area contributed by atoms with Crippen molar-refractivity contribution in [2.24, 2.45) is 0 Å². The molecule has 0 aliphatic carbocycles. The molecule has 0 aliphatic rings. The van der Waals surface area contributed by atoms with Crippen LogP contribution in [0.1, 0.15) is 37.5 Å². The number of rotatable bonds is 3. The lowest BCUT2D eigenvalue weighted by molar-refractivity contribution is 0.588. The minimum absolute atomic E-state index is 0.272. The van der Waals surface area contributed by atoms with E-state index >= 15 is 0 Å². The van der Waals surface area contributed by atoms with Crippen molar-refractivity contribution in [2.75, 3.05) is 0 Å². The van der Waals surface area contributed by atoms with Gasteiger partial charge in [-0.05, 0) is 76.7 Å². The van der Waals surface area contributed by atoms with E-state index in [-0.39, 0.29) is 5.41 Å². The Morgan fingerprint density at radius 1 is 0.522 bits per heavy atom. The highest BCUT2D eigenvalue weighted by Crippen LogP contribution is 2.42. The lowest BCUT2D eigenvalue weighted by Gasteiger charge is -2.23. The Morgan fingerprint density at radius 3 is 1.87 bits per heavy atom. The van der Waals surface area contributed by atoms with Crippen molar-refractivity contribution in [1.29, 1.82) is 10.5 Å². The number of aromatic nitrogens is 2. The number of nitriles is 2. The zero-order valence-electron chi connectivity index (χ0n) is 25.9. The standard InChI is InChI=1S/C42H30N4/c1-42(2,3)35-24-40(29(26-44)22-28(35)25-43)46-37-18-10-8-15-33(37)41-31(16-11-19-39(41)46)27-20-21-38-34(23-27)32-14-7-9-17-36(32)45(38)30-12-5-4-6-13-30/h4-24H,1-3H3. The van der Waals surface area contributed by atoms with Crippen molar-refractivity contribution in [3.05, 3.63) is 144 Å². The molecule has 6 aromatic carbocycles. The van der Waals surface area contributed by atoms with Gasteiger partial charge in [-0.25, -0.2) is 0 Å². The zero-order valence-corrected chi connectivity index (χ0v) is 25.9. The first-order chi connectivity index (χ1) is 22.4. The van der Waals surface area contributed by atoms with Gasteiger partial charge in [0.15, 0.2) is 0 Å². The van der Waals surface area contributed by atoms with Crippen LogP contribution in [0.4, 0.5) is 0 Å². The zero-order chi connectivity index (χ0) is 31.6. The summed E-state index contributed by atoms with van der Waals surface area (Å²) in [5, 5.41) is 24.9. The van der Waals surface area contributed by atoms with E-state index in [9.17, 15) is 10.5 Å². The summed E-state index contributed by atoms with van der Waals surface area (Å²) in [4.78, 5) is 0. The van der Waals surface area contributed by atoms with E-state index in [1.807, 2.05) is 18.2 Å². The van der Waals surface area contributed by atoms with E-state index in [4.69, 9.17) is 0 Å². The van der Waals surface area contributed by atoms with E-state index in [1.54, 1.807) is 6.07 Å². The minimum Gasteiger partial charge on any atom is -0.309 e. The van der Waals surface area contributed by atoms with Crippen LogP contribution in [0.15, 0.2) is 127 Å². The third kappa shape index (κ3) is 4.05. The van der Waals surface area contributed by atoms with E-state index < -0.39 is 0 Å². The van der Waals surface area contributed by atoms with Gasteiger partial charge in [0.1, 0.15) is 6.07 Å². The first-order valence-corrected chi connectivity index (χ1v) is 15.5. The molecule has 0 unspecified atom stereocenters. The van der Waals surface area contributed by atoms with E-state index in [0.717, 1.165) is 55.4 Å². The van der Waals surface area contributed by atoms with Crippen molar-refractivity contribution in [3.63, 3.8) is 0 Å². The van der Waals surface area contributed by atoms with Gasteiger partial charge in [0.05, 0.1) is 45.0 Å². The number of hydrogen-bond donors (Lipinski definition) is 0. The van der Waals surface area contributed by atoms with Gasteiger partial charge in [-0.2, -0.15) is 10.5 Å². The van der Waals surface area contributed by atoms with Crippen LogP contribution in [0.5, 0.6) is 0 Å². The molecule has 0 amide bonds. The lowest BCUT2D eigenvalue weighted by atomic mass is 9.83. The van der Waals surface area contributed by atoms with E-state index in [2.05, 4.69) is 145 Å². The fraction of sp³-hybridized carbons (Fsp3) is 0.0952. The molecule has 0 bridgehead atoms. The fourth-order valence-corrected chi connectivity index (χ4v) is 7.09. The average molecular weight is 591 g/mol. The molecule has 0 saturated carbocycles. The first kappa shape index (κ1) is 27.4. The van der Waals surface area contributed by atoms with Crippen molar-refractivity contribution in [1.82, 2.24) is 9.13 Å². The van der Waals surface area contributed by atoms with Crippen LogP contribution in [0.2, 0.25) is 0 Å². The summed E-state index contributed by atoms with van der Waals surface area (Å²) in [5.41, 5.74) is 10.2. The van der Waals surface area contributed by atoms with Gasteiger partial charge < -0.3 is 9.13 Å². The molecule has 2 aromatic heterocycles. The number of nitrogens with zero attached hydrogens (tertiary/aromatic N) is 4. The van der Waals surface area contributed by atoms with Crippen molar-refractivity contribution in [3.8, 4) is 34.6 Å². The van der Waals surface area contributed by atoms with Gasteiger partial charge in [-0.15, -0.1) is 0 Å². The van der Waals surface area contributed by atoms with Crippen LogP contribution in [-0.4, -0.2) is 9.13 Å². The summed E-state index contributed by atoms with van der Waals surface area (Å²) in [7, 11) is 0. The molecule has 218 valence electrons. The second-order valence-corrected chi connectivity index (χ2v) is 12.9. The highest BCUT2D eigenvalue weighted by molar-refractivity contribution is 6.17. The summed E-state index contributed by atoms with van der Waals surface area (Å²) in [6, 6.07) is 49.2. The maximum Gasteiger partial charge on any atom is 0.101 e. The Balaban J connectivity index is 1.43. The molecule has 0 fully saturated rings. The maximum atomic E-state index is 10.3. The van der Waals surface area contributed by atoms with Gasteiger partial charge in [0, 0.05) is 27.2 Å². The molecule has 0 aliphatic heterocycles. The minimum atomic E-state index is -0.272. The summed E-state index contributed by atoms with van der Waals surface area (Å²) in [6.45, 7) is 6.32. The number of hydrogen-bond acceptors (Lipinski definition) is 2. The quantitative estimate of drug-likeness (QED) is 0.205. The number of fused-ring (bicyclic) bond motifs is 6. The molecule has 2 heterocycles. The molecule has 0 N–H and O–H groups in total. The van der Waals surface area contributed by atoms with Gasteiger partial charge in [0.2, 0.25) is 0 Å². The third-order valence-corrected chi connectivity index (χ3v) is 9.12. The molecular weight excluding hydrogens is 560 g/mol. The Hall–Kier alpha value is -6.10. The van der Waals surface area contributed by atoms with Gasteiger partial charge in [-0.3, -0.25) is 0 Å². The highest BCUT2D eigenvalue weighted by Gasteiger charge is 2.24. The van der Waals surface area contributed by atoms with Crippen molar-refractivity contribution in [2.45, 2.75) is 26.2 Å². The van der Waals surface area contributed by atoms with Crippen LogP contribution < -0.4 is 0 Å². The molecule has 0 spiro atoms. The predicted molar refractivity (Wildman–Crippen MR) is 189 cm³/mol. The van der Waals surface area contributed by atoms with Gasteiger partial charge >= 0.3 is 0 Å². The average Bonchev–Trinajstić information content (AvgIpc) is 3.60. The van der Waals surface area contributed by atoms with Crippen LogP contribution in [0, 0.1) is 22.7 Å².